The average Bonchev–Trinajstić information content (AvgIpc) is 1.76. The van der Waals surface area contributed by atoms with Gasteiger partial charge in [-0.15, -0.1) is 0 Å². The number of ketones is 1. The fraction of sp³-hybridized carbons (Fsp3) is 0.612. The molecule has 0 aromatic heterocycles. The van der Waals surface area contributed by atoms with Crippen LogP contribution in [0.1, 0.15) is 363 Å². The first-order valence-corrected chi connectivity index (χ1v) is 50.6. The number of aryl methyl sites for hydroxylation is 1. The van der Waals surface area contributed by atoms with E-state index in [-0.39, 0.29) is 40.4 Å². The molecular weight excluding hydrogens is 1750 g/mol. The normalized spacial score (nSPS) is 22.9. The van der Waals surface area contributed by atoms with E-state index in [1.165, 1.54) is 153 Å². The summed E-state index contributed by atoms with van der Waals surface area (Å²) in [6, 6.07) is 14.3. The van der Waals surface area contributed by atoms with Crippen molar-refractivity contribution in [1.82, 2.24) is 0 Å². The number of hydrogen-bond acceptors (Lipinski definition) is 13. The summed E-state index contributed by atoms with van der Waals surface area (Å²) < 4.78 is 50.6. The quantitative estimate of drug-likeness (QED) is 0.102. The Kier molecular flexibility index (Phi) is 52.2. The van der Waals surface area contributed by atoms with Gasteiger partial charge in [0.05, 0.1) is 143 Å². The van der Waals surface area contributed by atoms with Gasteiger partial charge in [-0.2, -0.15) is 0 Å². The van der Waals surface area contributed by atoms with E-state index in [0.717, 1.165) is 281 Å². The Morgan fingerprint density at radius 3 is 1.05 bits per heavy atom. The van der Waals surface area contributed by atoms with Gasteiger partial charge in [-0.25, -0.2) is 69.1 Å². The van der Waals surface area contributed by atoms with Gasteiger partial charge >= 0.3 is 0 Å². The van der Waals surface area contributed by atoms with E-state index in [9.17, 15) is 4.79 Å². The Hall–Kier alpha value is -11.7. The van der Waals surface area contributed by atoms with Gasteiger partial charge in [-0.3, -0.25) is 4.79 Å². The molecule has 1 aromatic rings. The molecule has 0 amide bonds. The summed E-state index contributed by atoms with van der Waals surface area (Å²) in [5.74, 6) is -1.62. The maximum Gasteiger partial charge on any atom is 0.266 e. The van der Waals surface area contributed by atoms with E-state index in [2.05, 4.69) is 84.1 Å². The second kappa shape index (κ2) is 62.4. The molecule has 5 saturated heterocycles. The van der Waals surface area contributed by atoms with Gasteiger partial charge in [0.25, 0.3) is 17.1 Å². The lowest BCUT2D eigenvalue weighted by Crippen LogP contribution is -2.44. The summed E-state index contributed by atoms with van der Waals surface area (Å²) in [6.45, 7) is 108. The topological polar surface area (TPSA) is 219 Å². The van der Waals surface area contributed by atoms with Crippen LogP contribution in [0.3, 0.4) is 0 Å². The van der Waals surface area contributed by atoms with Crippen molar-refractivity contribution in [2.45, 2.75) is 382 Å². The lowest BCUT2D eigenvalue weighted by Gasteiger charge is -2.42. The molecule has 24 heteroatoms. The van der Waals surface area contributed by atoms with E-state index in [4.69, 9.17) is 131 Å². The van der Waals surface area contributed by atoms with Crippen molar-refractivity contribution in [3.8, 4) is 18.2 Å². The highest BCUT2D eigenvalue weighted by molar-refractivity contribution is 5.88. The van der Waals surface area contributed by atoms with Crippen LogP contribution in [-0.4, -0.2) is 95.0 Å². The standard InChI is InChI=1S/C13H13N.C12H14N2O2.C12H17NO2.C11H12N2O2.C11H12N2.C11H15NO2.C11H15NO.C10H15N.C9H13N.C8H11NO.C8H11N/c1-10(14-2)12-9-5-7-11-6-3-4-8-13(11)12;1-14-11(9-13)10-5-2-3-6-12(10)15-7-4-8-16-12;1-10(13-2)11-4-6-12(7-5-11)14-8-3-9-15-12;1-13-10(8-12)9-4-2-3-5-11(9)14-6-7-15-11;1-8-5-4-6-10(9(8)2)11(7-12)13-3;1-9(12-2)10-3-5-11(6-4-10)13-7-8-14-11;1-8(12-4)9-6-5-7-10(13)11(9,2)3;1-9(11-2)10-7-5-3-4-6-8-10;1-8(10-2)9-6-4-3-5-7-9;1-7(9-2)8-3-5-10-6-4-8;1-7(9-2)8-5-3-4-6-8/h3-4,6,8H,5,7,9H2,1H3;2-8H2;3-9H2,1H3;2-7H2;9H,1,4-6H2,2H3;3-8H2,1H3;5-7H2,1-3H3;3-8H2,1H3;3-7H2,1H3;3-6H2,1H3;3-6H2,1H3/b12-10-;11-10+;;10-9-;11-10+;;9-8-;;;;. The maximum absolute atomic E-state index is 11.6. The van der Waals surface area contributed by atoms with Crippen molar-refractivity contribution < 1.29 is 47.4 Å². The summed E-state index contributed by atoms with van der Waals surface area (Å²) in [7, 11) is 0. The Morgan fingerprint density at radius 2 is 0.650 bits per heavy atom. The lowest BCUT2D eigenvalue weighted by atomic mass is 9.71. The van der Waals surface area contributed by atoms with Gasteiger partial charge in [0.1, 0.15) is 5.78 Å². The number of benzene rings is 1. The summed E-state index contributed by atoms with van der Waals surface area (Å²) >= 11 is 0. The molecule has 1 unspecified atom stereocenters. The molecule has 4 spiro atoms. The molecule has 10 aliphatic carbocycles. The SMILES string of the molecule is [C-]#[N+]/C(C#N)=C1/CCCCC12OCCO2.[C-]#[N+]/C(C#N)=C1\CCCC(=C)C1C.[C-]#[N+]/C(C#N)=C1\CCCCC12OCCCO2.[C-]#[N+]/C(C)=C1/CCCC(=O)C1(C)C.[C-]#[N+]/C(C)=C1/CCCc2ccccc21.[C-]#[N+]C(C)=C1CCC2(CC1)OCCCO2.[C-]#[N+]C(C)=C1CCC2(CC1)OCCO2.[C-]#[N+]C(C)=C1CCCC1.[C-]#[N+]C(C)=C1CCCCC1.[C-]#[N+]C(C)=C1CCCCCC1.[C-]#[N+]C(C)=C1CCOCC1. The third kappa shape index (κ3) is 35.8. The van der Waals surface area contributed by atoms with Crippen molar-refractivity contribution in [3.05, 3.63) is 292 Å². The zero-order chi connectivity index (χ0) is 102. The number of allylic oxidation sites excluding steroid dienone is 20. The number of fused-ring (bicyclic) bond motifs is 1. The number of carbonyl (C=O) groups is 1. The highest BCUT2D eigenvalue weighted by Gasteiger charge is 2.46. The fourth-order valence-corrected chi connectivity index (χ4v) is 20.0. The summed E-state index contributed by atoms with van der Waals surface area (Å²) in [5.41, 5.74) is 23.9. The molecule has 0 radical (unpaired) electrons. The monoisotopic (exact) mass is 1900 g/mol. The summed E-state index contributed by atoms with van der Waals surface area (Å²) in [5, 5.41) is 26.6. The highest BCUT2D eigenvalue weighted by Crippen LogP contribution is 2.47. The molecule has 24 nitrogen and oxygen atoms in total. The largest absolute Gasteiger partial charge is 0.381 e. The van der Waals surface area contributed by atoms with Gasteiger partial charge in [0, 0.05) is 74.7 Å². The van der Waals surface area contributed by atoms with Crippen molar-refractivity contribution in [2.75, 3.05) is 66.1 Å². The van der Waals surface area contributed by atoms with Crippen LogP contribution in [0, 0.1) is 118 Å². The fourth-order valence-electron chi connectivity index (χ4n) is 20.0. The molecule has 16 rings (SSSR count). The smallest absolute Gasteiger partial charge is 0.266 e. The number of hydrogen-bond donors (Lipinski definition) is 0. The molecule has 742 valence electrons. The highest BCUT2D eigenvalue weighted by atomic mass is 16.7. The molecular formula is C116H148N14O10. The van der Waals surface area contributed by atoms with Crippen LogP contribution >= 0.6 is 0 Å². The molecule has 5 heterocycles. The maximum atomic E-state index is 11.6. The Labute approximate surface area is 838 Å². The van der Waals surface area contributed by atoms with E-state index in [0.29, 0.717) is 38.5 Å². The van der Waals surface area contributed by atoms with Crippen LogP contribution < -0.4 is 0 Å². The Balaban J connectivity index is 0.000000237. The molecule has 5 aliphatic heterocycles. The number of carbonyl (C=O) groups excluding carboxylic acids is 1. The van der Waals surface area contributed by atoms with Crippen LogP contribution in [0.25, 0.3) is 58.9 Å². The third-order valence-corrected chi connectivity index (χ3v) is 28.9. The first-order chi connectivity index (χ1) is 67.6. The number of nitriles is 3. The molecule has 9 saturated carbocycles. The average molecular weight is 1900 g/mol. The zero-order valence-electron chi connectivity index (χ0n) is 85.6. The van der Waals surface area contributed by atoms with E-state index < -0.39 is 17.0 Å². The second-order valence-electron chi connectivity index (χ2n) is 38.0. The van der Waals surface area contributed by atoms with Crippen LogP contribution in [0.4, 0.5) is 0 Å². The van der Waals surface area contributed by atoms with Gasteiger partial charge < -0.3 is 42.6 Å². The molecule has 15 aliphatic rings. The van der Waals surface area contributed by atoms with Crippen molar-refractivity contribution in [3.63, 3.8) is 0 Å². The minimum absolute atomic E-state index is 0.150. The lowest BCUT2D eigenvalue weighted by molar-refractivity contribution is -0.276. The molecule has 0 N–H and O–H groups in total. The van der Waals surface area contributed by atoms with Gasteiger partial charge in [0.15, 0.2) is 68.7 Å². The van der Waals surface area contributed by atoms with Crippen molar-refractivity contribution in [2.24, 2.45) is 11.3 Å². The molecule has 140 heavy (non-hydrogen) atoms. The first-order valence-electron chi connectivity index (χ1n) is 50.6. The zero-order valence-corrected chi connectivity index (χ0v) is 85.6. The minimum Gasteiger partial charge on any atom is -0.381 e. The van der Waals surface area contributed by atoms with Crippen LogP contribution in [0.5, 0.6) is 0 Å². The second-order valence-corrected chi connectivity index (χ2v) is 38.0. The number of ether oxygens (including phenoxy) is 9. The molecule has 1 aromatic carbocycles. The van der Waals surface area contributed by atoms with E-state index >= 15 is 0 Å². The number of nitrogens with zero attached hydrogens (tertiary/aromatic N) is 14. The molecule has 14 fully saturated rings. The molecule has 1 atom stereocenters. The predicted molar refractivity (Wildman–Crippen MR) is 547 cm³/mol. The number of Topliss-reactive ketones (excluding diaryl/α,β-unsaturated/α-hetero) is 1. The minimum atomic E-state index is -0.758. The summed E-state index contributed by atoms with van der Waals surface area (Å²) in [6.07, 6.45) is 46.0. The van der Waals surface area contributed by atoms with Crippen LogP contribution in [-0.2, 0) is 53.8 Å². The predicted octanol–water partition coefficient (Wildman–Crippen LogP) is 30.9. The van der Waals surface area contributed by atoms with Crippen molar-refractivity contribution in [1.29, 1.82) is 15.8 Å². The van der Waals surface area contributed by atoms with E-state index in [1.54, 1.807) is 0 Å². The number of rotatable bonds is 0. The molecule has 0 bridgehead atoms. The first kappa shape index (κ1) is 117. The Morgan fingerprint density at radius 1 is 0.321 bits per heavy atom. The van der Waals surface area contributed by atoms with Gasteiger partial charge in [-0.1, -0.05) is 167 Å². The van der Waals surface area contributed by atoms with Gasteiger partial charge in [-0.05, 0) is 251 Å². The third-order valence-electron chi connectivity index (χ3n) is 28.9. The van der Waals surface area contributed by atoms with Crippen LogP contribution in [0.15, 0.2) is 155 Å². The van der Waals surface area contributed by atoms with E-state index in [1.807, 2.05) is 94.4 Å². The summed E-state index contributed by atoms with van der Waals surface area (Å²) in [4.78, 5) is 49.0. The van der Waals surface area contributed by atoms with Crippen LogP contribution in [0.2, 0.25) is 0 Å². The Bertz CT molecular complexity index is 5290. The van der Waals surface area contributed by atoms with Gasteiger partial charge in [0.2, 0.25) is 0 Å². The van der Waals surface area contributed by atoms with Crippen molar-refractivity contribution >= 4 is 11.4 Å².